The number of aliphatic hydroxyl groups excluding tert-OH is 3. The molecule has 20 heavy (non-hydrogen) atoms. The van der Waals surface area contributed by atoms with E-state index in [0.717, 1.165) is 0 Å². The van der Waals surface area contributed by atoms with Gasteiger partial charge in [0.25, 0.3) is 0 Å². The Morgan fingerprint density at radius 1 is 1.05 bits per heavy atom. The zero-order valence-corrected chi connectivity index (χ0v) is 11.2. The van der Waals surface area contributed by atoms with Crippen LogP contribution in [0.1, 0.15) is 0 Å². The van der Waals surface area contributed by atoms with Crippen molar-refractivity contribution in [3.63, 3.8) is 0 Å². The number of rotatable bonds is 5. The quantitative estimate of drug-likeness (QED) is 0.267. The fourth-order valence-electron chi connectivity index (χ4n) is 1.54. The van der Waals surface area contributed by atoms with Crippen molar-refractivity contribution >= 4 is 20.7 Å². The molecule has 0 amide bonds. The SMILES string of the molecule is O=S(=O)(O)N[C@H]1[C@H](O)[C@@H](O)[C@H](COS(=O)(=O)O)O[C@@H]1O. The first-order valence-electron chi connectivity index (χ1n) is 4.97. The Balaban J connectivity index is 2.76. The van der Waals surface area contributed by atoms with Crippen molar-refractivity contribution in [2.45, 2.75) is 30.6 Å². The van der Waals surface area contributed by atoms with E-state index >= 15 is 0 Å². The summed E-state index contributed by atoms with van der Waals surface area (Å²) in [6.07, 6.45) is -7.37. The summed E-state index contributed by atoms with van der Waals surface area (Å²) in [5.74, 6) is 0. The van der Waals surface area contributed by atoms with E-state index in [-0.39, 0.29) is 0 Å². The average molecular weight is 339 g/mol. The largest absolute Gasteiger partial charge is 0.397 e. The molecule has 12 nitrogen and oxygen atoms in total. The van der Waals surface area contributed by atoms with Crippen LogP contribution in [0.3, 0.4) is 0 Å². The van der Waals surface area contributed by atoms with E-state index in [1.54, 1.807) is 0 Å². The standard InChI is InChI=1S/C6H13NO11S2/c8-4-2(1-17-20(14,15)16)18-6(10)3(5(4)9)7-19(11,12)13/h2-10H,1H2,(H,11,12,13)(H,14,15,16)/t2-,3-,4-,5-,6-/m0/s1. The second-order valence-electron chi connectivity index (χ2n) is 3.88. The average Bonchev–Trinajstić information content (AvgIpc) is 2.25. The molecule has 120 valence electrons. The van der Waals surface area contributed by atoms with Crippen molar-refractivity contribution in [3.05, 3.63) is 0 Å². The minimum atomic E-state index is -4.83. The van der Waals surface area contributed by atoms with Gasteiger partial charge in [-0.25, -0.2) is 4.18 Å². The lowest BCUT2D eigenvalue weighted by Crippen LogP contribution is -2.64. The molecule has 1 fully saturated rings. The summed E-state index contributed by atoms with van der Waals surface area (Å²) in [5, 5.41) is 28.6. The van der Waals surface area contributed by atoms with Gasteiger partial charge in [-0.1, -0.05) is 0 Å². The smallest absolute Gasteiger partial charge is 0.388 e. The lowest BCUT2D eigenvalue weighted by atomic mass is 9.98. The molecule has 0 aliphatic carbocycles. The predicted molar refractivity (Wildman–Crippen MR) is 58.9 cm³/mol. The molecular weight excluding hydrogens is 326 g/mol. The number of nitrogens with one attached hydrogen (secondary N) is 1. The second kappa shape index (κ2) is 6.14. The van der Waals surface area contributed by atoms with E-state index in [2.05, 4.69) is 8.92 Å². The van der Waals surface area contributed by atoms with Crippen molar-refractivity contribution in [3.8, 4) is 0 Å². The van der Waals surface area contributed by atoms with E-state index in [1.807, 2.05) is 0 Å². The summed E-state index contributed by atoms with van der Waals surface area (Å²) in [4.78, 5) is 0. The van der Waals surface area contributed by atoms with Crippen molar-refractivity contribution in [2.75, 3.05) is 6.61 Å². The van der Waals surface area contributed by atoms with Crippen LogP contribution in [0.5, 0.6) is 0 Å². The molecule has 1 saturated heterocycles. The maximum Gasteiger partial charge on any atom is 0.397 e. The summed E-state index contributed by atoms with van der Waals surface area (Å²) >= 11 is 0. The van der Waals surface area contributed by atoms with Crippen LogP contribution in [-0.4, -0.2) is 78.5 Å². The summed E-state index contributed by atoms with van der Waals surface area (Å²) in [7, 11) is -9.62. The highest BCUT2D eigenvalue weighted by molar-refractivity contribution is 7.83. The number of hydrogen-bond acceptors (Lipinski definition) is 9. The first-order valence-corrected chi connectivity index (χ1v) is 7.77. The van der Waals surface area contributed by atoms with Crippen molar-refractivity contribution in [1.82, 2.24) is 4.72 Å². The van der Waals surface area contributed by atoms with E-state index in [0.29, 0.717) is 0 Å². The third-order valence-electron chi connectivity index (χ3n) is 2.39. The van der Waals surface area contributed by atoms with Crippen LogP contribution >= 0.6 is 0 Å². The molecule has 0 aromatic heterocycles. The molecule has 6 N–H and O–H groups in total. The molecule has 0 spiro atoms. The van der Waals surface area contributed by atoms with Gasteiger partial charge < -0.3 is 20.1 Å². The summed E-state index contributed by atoms with van der Waals surface area (Å²) in [6.45, 7) is -0.938. The minimum absolute atomic E-state index is 0.938. The lowest BCUT2D eigenvalue weighted by Gasteiger charge is -2.39. The van der Waals surface area contributed by atoms with Gasteiger partial charge in [0, 0.05) is 0 Å². The molecule has 14 heteroatoms. The van der Waals surface area contributed by atoms with Gasteiger partial charge in [-0.05, 0) is 0 Å². The fraction of sp³-hybridized carbons (Fsp3) is 1.00. The molecule has 0 radical (unpaired) electrons. The monoisotopic (exact) mass is 339 g/mol. The summed E-state index contributed by atoms with van der Waals surface area (Å²) in [5.41, 5.74) is 0. The first kappa shape index (κ1) is 17.6. The zero-order chi connectivity index (χ0) is 15.7. The second-order valence-corrected chi connectivity index (χ2v) is 6.15. The predicted octanol–water partition coefficient (Wildman–Crippen LogP) is -3.99. The highest BCUT2D eigenvalue weighted by Crippen LogP contribution is 2.21. The van der Waals surface area contributed by atoms with Crippen LogP contribution in [0.4, 0.5) is 0 Å². The Bertz CT molecular complexity index is 527. The molecule has 0 unspecified atom stereocenters. The Hall–Kier alpha value is -0.420. The number of ether oxygens (including phenoxy) is 1. The number of aliphatic hydroxyl groups is 3. The van der Waals surface area contributed by atoms with Crippen LogP contribution in [0.15, 0.2) is 0 Å². The Labute approximate surface area is 113 Å². The number of hydrogen-bond donors (Lipinski definition) is 6. The summed E-state index contributed by atoms with van der Waals surface area (Å²) < 4.78 is 68.7. The zero-order valence-electron chi connectivity index (χ0n) is 9.60. The van der Waals surface area contributed by atoms with Gasteiger partial charge in [0.15, 0.2) is 6.29 Å². The maximum atomic E-state index is 10.6. The van der Waals surface area contributed by atoms with Gasteiger partial charge in [-0.3, -0.25) is 9.11 Å². The van der Waals surface area contributed by atoms with Crippen LogP contribution in [0.2, 0.25) is 0 Å². The molecule has 5 atom stereocenters. The molecule has 0 aromatic rings. The topological polar surface area (TPSA) is 200 Å². The van der Waals surface area contributed by atoms with Gasteiger partial charge >= 0.3 is 20.7 Å². The minimum Gasteiger partial charge on any atom is -0.388 e. The van der Waals surface area contributed by atoms with Gasteiger partial charge in [0.2, 0.25) is 0 Å². The summed E-state index contributed by atoms with van der Waals surface area (Å²) in [6, 6.07) is -1.79. The van der Waals surface area contributed by atoms with Crippen LogP contribution < -0.4 is 4.72 Å². The van der Waals surface area contributed by atoms with Gasteiger partial charge in [0.1, 0.15) is 24.4 Å². The van der Waals surface area contributed by atoms with Crippen LogP contribution in [-0.2, 0) is 29.6 Å². The fourth-order valence-corrected chi connectivity index (χ4v) is 2.44. The molecule has 1 rings (SSSR count). The van der Waals surface area contributed by atoms with Crippen LogP contribution in [0, 0.1) is 0 Å². The van der Waals surface area contributed by atoms with Crippen molar-refractivity contribution < 1.29 is 50.2 Å². The Morgan fingerprint density at radius 3 is 2.05 bits per heavy atom. The Morgan fingerprint density at radius 2 is 1.60 bits per heavy atom. The lowest BCUT2D eigenvalue weighted by molar-refractivity contribution is -0.250. The van der Waals surface area contributed by atoms with E-state index < -0.39 is 58.0 Å². The van der Waals surface area contributed by atoms with E-state index in [4.69, 9.17) is 9.11 Å². The molecule has 1 aliphatic heterocycles. The van der Waals surface area contributed by atoms with Gasteiger partial charge in [-0.2, -0.15) is 21.6 Å². The molecular formula is C6H13NO11S2. The first-order chi connectivity index (χ1) is 8.91. The molecule has 0 aromatic carbocycles. The third-order valence-corrected chi connectivity index (χ3v) is 3.39. The normalized spacial score (nSPS) is 36.0. The van der Waals surface area contributed by atoms with Crippen molar-refractivity contribution in [2.24, 2.45) is 0 Å². The van der Waals surface area contributed by atoms with E-state index in [1.165, 1.54) is 4.72 Å². The molecule has 1 heterocycles. The van der Waals surface area contributed by atoms with Gasteiger partial charge in [-0.15, -0.1) is 0 Å². The molecule has 1 aliphatic rings. The highest BCUT2D eigenvalue weighted by atomic mass is 32.3. The van der Waals surface area contributed by atoms with Crippen molar-refractivity contribution in [1.29, 1.82) is 0 Å². The molecule has 0 saturated carbocycles. The maximum absolute atomic E-state index is 10.6. The third kappa shape index (κ3) is 5.17. The Kier molecular flexibility index (Phi) is 5.41. The highest BCUT2D eigenvalue weighted by Gasteiger charge is 2.45. The molecule has 0 bridgehead atoms. The van der Waals surface area contributed by atoms with Crippen LogP contribution in [0.25, 0.3) is 0 Å². The van der Waals surface area contributed by atoms with Gasteiger partial charge in [0.05, 0.1) is 6.61 Å². The van der Waals surface area contributed by atoms with E-state index in [9.17, 15) is 32.2 Å².